The van der Waals surface area contributed by atoms with Gasteiger partial charge in [0.05, 0.1) is 6.61 Å². The van der Waals surface area contributed by atoms with E-state index in [1.165, 1.54) is 0 Å². The third-order valence-corrected chi connectivity index (χ3v) is 3.12. The summed E-state index contributed by atoms with van der Waals surface area (Å²) in [5, 5.41) is 3.93. The van der Waals surface area contributed by atoms with Crippen LogP contribution in [0.25, 0.3) is 0 Å². The molecule has 0 aliphatic carbocycles. The number of carbonyl (C=O) groups is 1. The van der Waals surface area contributed by atoms with Gasteiger partial charge in [0, 0.05) is 5.92 Å². The van der Waals surface area contributed by atoms with Crippen LogP contribution in [0.1, 0.15) is 55.4 Å². The number of aryl methyl sites for hydroxylation is 1. The molecule has 2 aromatic rings. The molecule has 0 saturated heterocycles. The second-order valence-electron chi connectivity index (χ2n) is 5.24. The van der Waals surface area contributed by atoms with Gasteiger partial charge in [-0.1, -0.05) is 48.8 Å². The number of nitrogens with zero attached hydrogens (tertiary/aromatic N) is 2. The van der Waals surface area contributed by atoms with Crippen molar-refractivity contribution in [3.8, 4) is 0 Å². The molecule has 1 aromatic heterocycles. The molecule has 2 rings (SSSR count). The molecule has 0 amide bonds. The minimum absolute atomic E-state index is 0.142. The van der Waals surface area contributed by atoms with Gasteiger partial charge in [-0.3, -0.25) is 4.79 Å². The zero-order valence-corrected chi connectivity index (χ0v) is 12.8. The Labute approximate surface area is 124 Å². The van der Waals surface area contributed by atoms with Crippen molar-refractivity contribution in [3.63, 3.8) is 0 Å². The van der Waals surface area contributed by atoms with Gasteiger partial charge in [-0.2, -0.15) is 4.98 Å². The molecule has 5 nitrogen and oxygen atoms in total. The van der Waals surface area contributed by atoms with E-state index in [-0.39, 0.29) is 17.8 Å². The molecule has 0 saturated carbocycles. The molecule has 1 unspecified atom stereocenters. The average Bonchev–Trinajstić information content (AvgIpc) is 2.89. The minimum atomic E-state index is -0.676. The zero-order valence-electron chi connectivity index (χ0n) is 12.8. The van der Waals surface area contributed by atoms with E-state index in [0.29, 0.717) is 12.4 Å². The second-order valence-corrected chi connectivity index (χ2v) is 5.24. The van der Waals surface area contributed by atoms with Crippen molar-refractivity contribution in [3.05, 3.63) is 47.1 Å². The number of hydrogen-bond acceptors (Lipinski definition) is 5. The highest BCUT2D eigenvalue weighted by molar-refractivity contribution is 5.80. The number of rotatable bonds is 5. The van der Waals surface area contributed by atoms with E-state index in [9.17, 15) is 4.79 Å². The van der Waals surface area contributed by atoms with Gasteiger partial charge in [-0.25, -0.2) is 0 Å². The summed E-state index contributed by atoms with van der Waals surface area (Å²) in [6.45, 7) is 8.01. The van der Waals surface area contributed by atoms with E-state index >= 15 is 0 Å². The molecule has 0 fully saturated rings. The Morgan fingerprint density at radius 2 is 2.14 bits per heavy atom. The first-order valence-corrected chi connectivity index (χ1v) is 7.09. The normalized spacial score (nSPS) is 12.4. The Balaban J connectivity index is 2.42. The fraction of sp³-hybridized carbons (Fsp3) is 0.438. The predicted octanol–water partition coefficient (Wildman–Crippen LogP) is 3.20. The Bertz CT molecular complexity index is 619. The van der Waals surface area contributed by atoms with Crippen LogP contribution in [0.5, 0.6) is 0 Å². The molecule has 1 aromatic carbocycles. The highest BCUT2D eigenvalue weighted by Crippen LogP contribution is 2.26. The maximum absolute atomic E-state index is 12.3. The maximum atomic E-state index is 12.3. The van der Waals surface area contributed by atoms with Crippen LogP contribution in [0.3, 0.4) is 0 Å². The van der Waals surface area contributed by atoms with Crippen LogP contribution in [0.2, 0.25) is 0 Å². The van der Waals surface area contributed by atoms with Crippen molar-refractivity contribution in [1.82, 2.24) is 10.1 Å². The Kier molecular flexibility index (Phi) is 4.73. The van der Waals surface area contributed by atoms with Crippen LogP contribution in [0.15, 0.2) is 28.8 Å². The van der Waals surface area contributed by atoms with Crippen LogP contribution in [0.4, 0.5) is 0 Å². The lowest BCUT2D eigenvalue weighted by Crippen LogP contribution is -2.18. The molecule has 0 bridgehead atoms. The number of esters is 1. The van der Waals surface area contributed by atoms with E-state index in [4.69, 9.17) is 9.26 Å². The first kappa shape index (κ1) is 15.2. The van der Waals surface area contributed by atoms with Gasteiger partial charge in [-0.15, -0.1) is 0 Å². The summed E-state index contributed by atoms with van der Waals surface area (Å²) in [4.78, 5) is 16.6. The highest BCUT2D eigenvalue weighted by Gasteiger charge is 2.30. The quantitative estimate of drug-likeness (QED) is 0.790. The van der Waals surface area contributed by atoms with E-state index in [1.54, 1.807) is 6.92 Å². The molecule has 0 N–H and O–H groups in total. The minimum Gasteiger partial charge on any atom is -0.465 e. The fourth-order valence-corrected chi connectivity index (χ4v) is 2.05. The van der Waals surface area contributed by atoms with Crippen molar-refractivity contribution in [2.45, 2.75) is 39.5 Å². The largest absolute Gasteiger partial charge is 0.465 e. The molecule has 21 heavy (non-hydrogen) atoms. The molecule has 0 aliphatic heterocycles. The van der Waals surface area contributed by atoms with E-state index in [1.807, 2.05) is 45.0 Å². The number of ether oxygens (including phenoxy) is 1. The van der Waals surface area contributed by atoms with Crippen LogP contribution < -0.4 is 0 Å². The standard InChI is InChI=1S/C16H20N2O3/c1-5-20-16(19)13(12-8-6-7-11(4)9-12)15-17-14(10(2)3)18-21-15/h6-10,13H,5H2,1-4H3. The van der Waals surface area contributed by atoms with Crippen LogP contribution in [-0.4, -0.2) is 22.7 Å². The van der Waals surface area contributed by atoms with Crippen LogP contribution >= 0.6 is 0 Å². The lowest BCUT2D eigenvalue weighted by Gasteiger charge is -2.12. The number of aromatic nitrogens is 2. The number of carbonyl (C=O) groups excluding carboxylic acids is 1. The molecule has 112 valence electrons. The van der Waals surface area contributed by atoms with Gasteiger partial charge in [-0.05, 0) is 19.4 Å². The average molecular weight is 288 g/mol. The van der Waals surface area contributed by atoms with E-state index in [2.05, 4.69) is 10.1 Å². The van der Waals surface area contributed by atoms with Gasteiger partial charge in [0.25, 0.3) is 0 Å². The van der Waals surface area contributed by atoms with Crippen molar-refractivity contribution in [1.29, 1.82) is 0 Å². The lowest BCUT2D eigenvalue weighted by atomic mass is 9.97. The lowest BCUT2D eigenvalue weighted by molar-refractivity contribution is -0.144. The summed E-state index contributed by atoms with van der Waals surface area (Å²) in [6, 6.07) is 7.67. The van der Waals surface area contributed by atoms with Crippen molar-refractivity contribution in [2.24, 2.45) is 0 Å². The first-order valence-electron chi connectivity index (χ1n) is 7.09. The van der Waals surface area contributed by atoms with Crippen LogP contribution in [0, 0.1) is 6.92 Å². The third kappa shape index (κ3) is 3.48. The summed E-state index contributed by atoms with van der Waals surface area (Å²) in [5.74, 6) is -0.0375. The van der Waals surface area contributed by atoms with Gasteiger partial charge in [0.1, 0.15) is 0 Å². The highest BCUT2D eigenvalue weighted by atomic mass is 16.5. The summed E-state index contributed by atoms with van der Waals surface area (Å²) in [7, 11) is 0. The van der Waals surface area contributed by atoms with Crippen molar-refractivity contribution in [2.75, 3.05) is 6.61 Å². The molecule has 1 heterocycles. The molecule has 5 heteroatoms. The second kappa shape index (κ2) is 6.52. The monoisotopic (exact) mass is 288 g/mol. The van der Waals surface area contributed by atoms with Gasteiger partial charge in [0.2, 0.25) is 5.89 Å². The zero-order chi connectivity index (χ0) is 15.4. The molecular weight excluding hydrogens is 268 g/mol. The van der Waals surface area contributed by atoms with Crippen molar-refractivity contribution >= 4 is 5.97 Å². The molecule has 0 radical (unpaired) electrons. The van der Waals surface area contributed by atoms with E-state index < -0.39 is 5.92 Å². The number of benzene rings is 1. The van der Waals surface area contributed by atoms with Crippen molar-refractivity contribution < 1.29 is 14.1 Å². The number of hydrogen-bond donors (Lipinski definition) is 0. The molecule has 0 aliphatic rings. The maximum Gasteiger partial charge on any atom is 0.323 e. The summed E-state index contributed by atoms with van der Waals surface area (Å²) >= 11 is 0. The van der Waals surface area contributed by atoms with Gasteiger partial charge >= 0.3 is 5.97 Å². The van der Waals surface area contributed by atoms with Gasteiger partial charge < -0.3 is 9.26 Å². The SMILES string of the molecule is CCOC(=O)C(c1cccc(C)c1)c1nc(C(C)C)no1. The van der Waals surface area contributed by atoms with Crippen LogP contribution in [-0.2, 0) is 9.53 Å². The Morgan fingerprint density at radius 1 is 1.38 bits per heavy atom. The first-order chi connectivity index (χ1) is 10.0. The molecular formula is C16H20N2O3. The molecule has 0 spiro atoms. The summed E-state index contributed by atoms with van der Waals surface area (Å²) in [6.07, 6.45) is 0. The predicted molar refractivity (Wildman–Crippen MR) is 78.0 cm³/mol. The topological polar surface area (TPSA) is 65.2 Å². The fourth-order valence-electron chi connectivity index (χ4n) is 2.05. The summed E-state index contributed by atoms with van der Waals surface area (Å²) in [5.41, 5.74) is 1.86. The smallest absolute Gasteiger partial charge is 0.323 e. The molecule has 1 atom stereocenters. The Hall–Kier alpha value is -2.17. The Morgan fingerprint density at radius 3 is 2.71 bits per heavy atom. The van der Waals surface area contributed by atoms with E-state index in [0.717, 1.165) is 11.1 Å². The summed E-state index contributed by atoms with van der Waals surface area (Å²) < 4.78 is 10.4. The van der Waals surface area contributed by atoms with Gasteiger partial charge in [0.15, 0.2) is 11.7 Å². The third-order valence-electron chi connectivity index (χ3n) is 3.12.